The molecule has 2 heteroatoms. The van der Waals surface area contributed by atoms with E-state index in [9.17, 15) is 0 Å². The summed E-state index contributed by atoms with van der Waals surface area (Å²) in [7, 11) is 0. The Balaban J connectivity index is 1.61. The summed E-state index contributed by atoms with van der Waals surface area (Å²) in [5.41, 5.74) is 2.43. The van der Waals surface area contributed by atoms with Gasteiger partial charge in [-0.05, 0) is 49.4 Å². The summed E-state index contributed by atoms with van der Waals surface area (Å²) < 4.78 is 0. The van der Waals surface area contributed by atoms with Crippen LogP contribution in [-0.4, -0.2) is 11.0 Å². The second-order valence-electron chi connectivity index (χ2n) is 6.10. The fourth-order valence-corrected chi connectivity index (χ4v) is 3.31. The number of rotatable bonds is 4. The Kier molecular flexibility index (Phi) is 4.31. The van der Waals surface area contributed by atoms with E-state index in [4.69, 9.17) is 0 Å². The van der Waals surface area contributed by atoms with Crippen molar-refractivity contribution in [3.63, 3.8) is 0 Å². The molecule has 1 fully saturated rings. The van der Waals surface area contributed by atoms with Gasteiger partial charge in [0.05, 0.1) is 5.52 Å². The molecule has 3 rings (SSSR count). The van der Waals surface area contributed by atoms with Crippen molar-refractivity contribution < 1.29 is 0 Å². The fraction of sp³-hybridized carbons (Fsp3) is 0.500. The van der Waals surface area contributed by atoms with Gasteiger partial charge >= 0.3 is 0 Å². The Hall–Kier alpha value is -1.41. The third kappa shape index (κ3) is 3.18. The van der Waals surface area contributed by atoms with Crippen molar-refractivity contribution in [1.29, 1.82) is 0 Å². The summed E-state index contributed by atoms with van der Waals surface area (Å²) in [6, 6.07) is 11.3. The molecule has 0 radical (unpaired) electrons. The van der Waals surface area contributed by atoms with Crippen LogP contribution in [0.25, 0.3) is 10.9 Å². The molecule has 1 aromatic heterocycles. The average Bonchev–Trinajstić information content (AvgIpc) is 2.53. The van der Waals surface area contributed by atoms with Crippen LogP contribution in [0, 0.1) is 5.92 Å². The van der Waals surface area contributed by atoms with Crippen LogP contribution in [0.5, 0.6) is 0 Å². The minimum atomic E-state index is 0.625. The van der Waals surface area contributed by atoms with Gasteiger partial charge in [-0.15, -0.1) is 0 Å². The first-order valence-corrected chi connectivity index (χ1v) is 7.90. The van der Waals surface area contributed by atoms with E-state index in [1.54, 1.807) is 0 Å². The van der Waals surface area contributed by atoms with Crippen LogP contribution in [0.2, 0.25) is 0 Å². The van der Waals surface area contributed by atoms with Gasteiger partial charge in [-0.2, -0.15) is 0 Å². The zero-order valence-corrected chi connectivity index (χ0v) is 12.3. The van der Waals surface area contributed by atoms with Gasteiger partial charge in [0.15, 0.2) is 0 Å². The highest BCUT2D eigenvalue weighted by Crippen LogP contribution is 2.26. The number of pyridine rings is 1. The standard InChI is InChI=1S/C18H24N2/c1-14(16-6-3-2-4-7-16)20-13-15-9-10-18-17(12-15)8-5-11-19-18/h5,8-12,14,16,20H,2-4,6-7,13H2,1H3/t14-/m0/s1. The first kappa shape index (κ1) is 13.6. The van der Waals surface area contributed by atoms with Crippen molar-refractivity contribution in [2.45, 2.75) is 51.6 Å². The molecule has 0 spiro atoms. The van der Waals surface area contributed by atoms with Crippen molar-refractivity contribution in [1.82, 2.24) is 10.3 Å². The lowest BCUT2D eigenvalue weighted by atomic mass is 9.84. The van der Waals surface area contributed by atoms with Crippen LogP contribution in [-0.2, 0) is 6.54 Å². The van der Waals surface area contributed by atoms with Crippen molar-refractivity contribution >= 4 is 10.9 Å². The second-order valence-corrected chi connectivity index (χ2v) is 6.10. The maximum atomic E-state index is 4.37. The number of aromatic nitrogens is 1. The van der Waals surface area contributed by atoms with Gasteiger partial charge in [0.2, 0.25) is 0 Å². The molecule has 1 atom stereocenters. The number of hydrogen-bond acceptors (Lipinski definition) is 2. The van der Waals surface area contributed by atoms with E-state index in [1.807, 2.05) is 12.3 Å². The summed E-state index contributed by atoms with van der Waals surface area (Å²) in [5, 5.41) is 4.95. The molecular weight excluding hydrogens is 244 g/mol. The van der Waals surface area contributed by atoms with Gasteiger partial charge < -0.3 is 5.32 Å². The Morgan fingerprint density at radius 2 is 2.05 bits per heavy atom. The minimum Gasteiger partial charge on any atom is -0.310 e. The smallest absolute Gasteiger partial charge is 0.0702 e. The maximum absolute atomic E-state index is 4.37. The first-order chi connectivity index (χ1) is 9.83. The molecule has 1 aliphatic carbocycles. The Labute approximate surface area is 121 Å². The molecule has 2 nitrogen and oxygen atoms in total. The second kappa shape index (κ2) is 6.36. The average molecular weight is 268 g/mol. The van der Waals surface area contributed by atoms with E-state index in [0.717, 1.165) is 18.0 Å². The van der Waals surface area contributed by atoms with Gasteiger partial charge in [-0.3, -0.25) is 4.98 Å². The van der Waals surface area contributed by atoms with Crippen LogP contribution in [0.1, 0.15) is 44.6 Å². The topological polar surface area (TPSA) is 24.9 Å². The SMILES string of the molecule is C[C@H](NCc1ccc2ncccc2c1)C1CCCCC1. The summed E-state index contributed by atoms with van der Waals surface area (Å²) in [4.78, 5) is 4.37. The van der Waals surface area contributed by atoms with E-state index in [1.165, 1.54) is 43.1 Å². The maximum Gasteiger partial charge on any atom is 0.0702 e. The molecule has 0 amide bonds. The van der Waals surface area contributed by atoms with Gasteiger partial charge in [0.25, 0.3) is 0 Å². The molecule has 1 N–H and O–H groups in total. The predicted octanol–water partition coefficient (Wildman–Crippen LogP) is 4.29. The monoisotopic (exact) mass is 268 g/mol. The van der Waals surface area contributed by atoms with Gasteiger partial charge in [0.1, 0.15) is 0 Å². The highest BCUT2D eigenvalue weighted by atomic mass is 14.9. The normalized spacial score (nSPS) is 18.2. The Morgan fingerprint density at radius 1 is 1.20 bits per heavy atom. The number of hydrogen-bond donors (Lipinski definition) is 1. The van der Waals surface area contributed by atoms with Gasteiger partial charge in [-0.1, -0.05) is 31.4 Å². The molecule has 20 heavy (non-hydrogen) atoms. The summed E-state index contributed by atoms with van der Waals surface area (Å²) >= 11 is 0. The van der Waals surface area contributed by atoms with Crippen LogP contribution >= 0.6 is 0 Å². The highest BCUT2D eigenvalue weighted by Gasteiger charge is 2.19. The minimum absolute atomic E-state index is 0.625. The Morgan fingerprint density at radius 3 is 2.90 bits per heavy atom. The molecule has 1 aliphatic rings. The summed E-state index contributed by atoms with van der Waals surface area (Å²) in [6.07, 6.45) is 8.91. The number of benzene rings is 1. The van der Waals surface area contributed by atoms with Crippen LogP contribution in [0.4, 0.5) is 0 Å². The van der Waals surface area contributed by atoms with Crippen LogP contribution in [0.3, 0.4) is 0 Å². The first-order valence-electron chi connectivity index (χ1n) is 7.90. The van der Waals surface area contributed by atoms with Crippen LogP contribution < -0.4 is 5.32 Å². The zero-order chi connectivity index (χ0) is 13.8. The number of fused-ring (bicyclic) bond motifs is 1. The van der Waals surface area contributed by atoms with E-state index < -0.39 is 0 Å². The van der Waals surface area contributed by atoms with Gasteiger partial charge in [-0.25, -0.2) is 0 Å². The highest BCUT2D eigenvalue weighted by molar-refractivity contribution is 5.78. The molecule has 0 aliphatic heterocycles. The third-order valence-corrected chi connectivity index (χ3v) is 4.65. The van der Waals surface area contributed by atoms with E-state index in [-0.39, 0.29) is 0 Å². The number of nitrogens with zero attached hydrogens (tertiary/aromatic N) is 1. The summed E-state index contributed by atoms with van der Waals surface area (Å²) in [6.45, 7) is 3.31. The molecule has 106 valence electrons. The lowest BCUT2D eigenvalue weighted by Gasteiger charge is -2.28. The number of nitrogens with one attached hydrogen (secondary N) is 1. The summed E-state index contributed by atoms with van der Waals surface area (Å²) in [5.74, 6) is 0.867. The van der Waals surface area contributed by atoms with E-state index >= 15 is 0 Å². The predicted molar refractivity (Wildman–Crippen MR) is 84.6 cm³/mol. The third-order valence-electron chi connectivity index (χ3n) is 4.65. The van der Waals surface area contributed by atoms with Gasteiger partial charge in [0, 0.05) is 24.2 Å². The lowest BCUT2D eigenvalue weighted by molar-refractivity contribution is 0.280. The zero-order valence-electron chi connectivity index (χ0n) is 12.3. The lowest BCUT2D eigenvalue weighted by Crippen LogP contribution is -2.34. The molecule has 0 bridgehead atoms. The van der Waals surface area contributed by atoms with Crippen molar-refractivity contribution in [2.75, 3.05) is 0 Å². The van der Waals surface area contributed by atoms with Crippen molar-refractivity contribution in [3.8, 4) is 0 Å². The van der Waals surface area contributed by atoms with Crippen molar-refractivity contribution in [2.24, 2.45) is 5.92 Å². The van der Waals surface area contributed by atoms with Crippen molar-refractivity contribution in [3.05, 3.63) is 42.1 Å². The fourth-order valence-electron chi connectivity index (χ4n) is 3.31. The molecule has 0 unspecified atom stereocenters. The van der Waals surface area contributed by atoms with E-state index in [0.29, 0.717) is 6.04 Å². The molecule has 1 saturated carbocycles. The quantitative estimate of drug-likeness (QED) is 0.894. The Bertz CT molecular complexity index is 558. The molecule has 2 aromatic rings. The molecular formula is C18H24N2. The molecule has 0 saturated heterocycles. The molecule has 1 heterocycles. The van der Waals surface area contributed by atoms with E-state index in [2.05, 4.69) is 41.5 Å². The molecule has 1 aromatic carbocycles. The van der Waals surface area contributed by atoms with Crippen LogP contribution in [0.15, 0.2) is 36.5 Å². The largest absolute Gasteiger partial charge is 0.310 e.